The Morgan fingerprint density at radius 1 is 1.36 bits per heavy atom. The van der Waals surface area contributed by atoms with Crippen LogP contribution in [0.4, 0.5) is 17.6 Å². The molecule has 1 fully saturated rings. The normalized spacial score (nSPS) is 15.3. The molecule has 0 bridgehead atoms. The molecule has 3 rings (SSSR count). The van der Waals surface area contributed by atoms with Crippen LogP contribution in [0.15, 0.2) is 29.1 Å². The lowest BCUT2D eigenvalue weighted by Gasteiger charge is -2.20. The molecule has 1 heterocycles. The Bertz CT molecular complexity index is 938. The number of nitrogens with one attached hydrogen (secondary N) is 2. The smallest absolute Gasteiger partial charge is 0.377 e. The number of benzene rings is 1. The van der Waals surface area contributed by atoms with Crippen molar-refractivity contribution in [3.05, 3.63) is 63.1 Å². The van der Waals surface area contributed by atoms with Crippen molar-refractivity contribution in [3.63, 3.8) is 0 Å². The molecule has 150 valence electrons. The maximum Gasteiger partial charge on any atom is 0.419 e. The van der Waals surface area contributed by atoms with Gasteiger partial charge in [0, 0.05) is 13.2 Å². The Hall–Kier alpha value is -2.75. The van der Waals surface area contributed by atoms with Crippen molar-refractivity contribution in [1.29, 1.82) is 0 Å². The molecule has 1 aliphatic carbocycles. The molecule has 0 radical (unpaired) electrons. The van der Waals surface area contributed by atoms with Crippen LogP contribution in [0, 0.1) is 11.7 Å². The van der Waals surface area contributed by atoms with E-state index in [9.17, 15) is 27.2 Å². The van der Waals surface area contributed by atoms with Crippen molar-refractivity contribution in [2.45, 2.75) is 31.7 Å². The molecule has 6 nitrogen and oxygen atoms in total. The van der Waals surface area contributed by atoms with Crippen LogP contribution in [0.5, 0.6) is 0 Å². The van der Waals surface area contributed by atoms with E-state index in [1.165, 1.54) is 7.11 Å². The van der Waals surface area contributed by atoms with Gasteiger partial charge in [0.25, 0.3) is 11.5 Å². The van der Waals surface area contributed by atoms with Gasteiger partial charge in [-0.2, -0.15) is 13.2 Å². The fourth-order valence-electron chi connectivity index (χ4n) is 2.90. The van der Waals surface area contributed by atoms with Gasteiger partial charge in [-0.25, -0.2) is 9.37 Å². The van der Waals surface area contributed by atoms with Crippen LogP contribution in [0.3, 0.4) is 0 Å². The van der Waals surface area contributed by atoms with E-state index in [0.29, 0.717) is 6.07 Å². The Kier molecular flexibility index (Phi) is 5.50. The Balaban J connectivity index is 1.86. The third kappa shape index (κ3) is 4.56. The minimum Gasteiger partial charge on any atom is -0.377 e. The molecule has 1 aliphatic rings. The molecule has 0 aliphatic heterocycles. The van der Waals surface area contributed by atoms with Crippen LogP contribution in [-0.4, -0.2) is 23.0 Å². The third-order valence-electron chi connectivity index (χ3n) is 4.34. The number of hydrogen-bond donors (Lipinski definition) is 2. The van der Waals surface area contributed by atoms with E-state index in [0.717, 1.165) is 31.0 Å². The maximum atomic E-state index is 13.9. The van der Waals surface area contributed by atoms with E-state index in [-0.39, 0.29) is 29.6 Å². The summed E-state index contributed by atoms with van der Waals surface area (Å²) in [6.07, 6.45) is -3.32. The van der Waals surface area contributed by atoms with Crippen LogP contribution in [0.25, 0.3) is 0 Å². The van der Waals surface area contributed by atoms with E-state index in [2.05, 4.69) is 15.3 Å². The van der Waals surface area contributed by atoms with Crippen LogP contribution in [-0.2, 0) is 17.5 Å². The standard InChI is InChI=1S/C18H17F4N3O3/c1-28-8-14-23-13(7-15(26)24-14)17(27)25-16(9-2-3-9)10-4-5-11(12(19)6-10)18(20,21)22/h4-7,9,16H,2-3,8H2,1H3,(H,25,27)(H,23,24,26). The number of halogens is 4. The predicted molar refractivity (Wildman–Crippen MR) is 89.9 cm³/mol. The number of rotatable bonds is 6. The van der Waals surface area contributed by atoms with Gasteiger partial charge in [-0.3, -0.25) is 9.59 Å². The highest BCUT2D eigenvalue weighted by Crippen LogP contribution is 2.42. The van der Waals surface area contributed by atoms with Gasteiger partial charge in [0.1, 0.15) is 23.9 Å². The molecule has 1 aromatic carbocycles. The quantitative estimate of drug-likeness (QED) is 0.732. The van der Waals surface area contributed by atoms with Gasteiger partial charge in [0.15, 0.2) is 0 Å². The van der Waals surface area contributed by atoms with Crippen molar-refractivity contribution in [2.24, 2.45) is 5.92 Å². The molecule has 10 heteroatoms. The monoisotopic (exact) mass is 399 g/mol. The summed E-state index contributed by atoms with van der Waals surface area (Å²) < 4.78 is 57.1. The summed E-state index contributed by atoms with van der Waals surface area (Å²) in [5, 5.41) is 2.65. The zero-order chi connectivity index (χ0) is 20.5. The van der Waals surface area contributed by atoms with Gasteiger partial charge in [-0.1, -0.05) is 6.07 Å². The van der Waals surface area contributed by atoms with E-state index in [4.69, 9.17) is 4.74 Å². The summed E-state index contributed by atoms with van der Waals surface area (Å²) in [5.41, 5.74) is -1.84. The number of aromatic nitrogens is 2. The second-order valence-electron chi connectivity index (χ2n) is 6.54. The first-order valence-electron chi connectivity index (χ1n) is 8.45. The fraction of sp³-hybridized carbons (Fsp3) is 0.389. The topological polar surface area (TPSA) is 84.1 Å². The van der Waals surface area contributed by atoms with Crippen LogP contribution >= 0.6 is 0 Å². The molecular weight excluding hydrogens is 382 g/mol. The molecule has 1 atom stereocenters. The molecule has 1 aromatic heterocycles. The van der Waals surface area contributed by atoms with Gasteiger partial charge in [-0.15, -0.1) is 0 Å². The van der Waals surface area contributed by atoms with Crippen molar-refractivity contribution < 1.29 is 27.1 Å². The fourth-order valence-corrected chi connectivity index (χ4v) is 2.90. The van der Waals surface area contributed by atoms with Gasteiger partial charge in [0.05, 0.1) is 11.6 Å². The first-order valence-corrected chi connectivity index (χ1v) is 8.45. The van der Waals surface area contributed by atoms with Crippen LogP contribution in [0.1, 0.15) is 46.3 Å². The van der Waals surface area contributed by atoms with Gasteiger partial charge >= 0.3 is 6.18 Å². The summed E-state index contributed by atoms with van der Waals surface area (Å²) in [6, 6.07) is 2.92. The van der Waals surface area contributed by atoms with E-state index < -0.39 is 35.1 Å². The maximum absolute atomic E-state index is 13.9. The predicted octanol–water partition coefficient (Wildman–Crippen LogP) is 2.96. The van der Waals surface area contributed by atoms with Crippen molar-refractivity contribution in [2.75, 3.05) is 7.11 Å². The van der Waals surface area contributed by atoms with E-state index in [1.807, 2.05) is 0 Å². The first kappa shape index (κ1) is 20.0. The number of ether oxygens (including phenoxy) is 1. The zero-order valence-corrected chi connectivity index (χ0v) is 14.8. The lowest BCUT2D eigenvalue weighted by atomic mass is 10.00. The molecule has 0 spiro atoms. The minimum atomic E-state index is -4.80. The zero-order valence-electron chi connectivity index (χ0n) is 14.8. The molecule has 28 heavy (non-hydrogen) atoms. The highest BCUT2D eigenvalue weighted by atomic mass is 19.4. The summed E-state index contributed by atoms with van der Waals surface area (Å²) >= 11 is 0. The molecule has 1 unspecified atom stereocenters. The minimum absolute atomic E-state index is 0.00741. The number of H-pyrrole nitrogens is 1. The number of nitrogens with zero attached hydrogens (tertiary/aromatic N) is 1. The summed E-state index contributed by atoms with van der Waals surface area (Å²) in [5.74, 6) is -1.95. The number of methoxy groups -OCH3 is 1. The Morgan fingerprint density at radius 3 is 2.64 bits per heavy atom. The van der Waals surface area contributed by atoms with Gasteiger partial charge < -0.3 is 15.0 Å². The second kappa shape index (κ2) is 7.70. The first-order chi connectivity index (χ1) is 13.2. The number of carbonyl (C=O) groups is 1. The number of carbonyl (C=O) groups excluding carboxylic acids is 1. The number of amides is 1. The highest BCUT2D eigenvalue weighted by Gasteiger charge is 2.37. The van der Waals surface area contributed by atoms with Crippen molar-refractivity contribution >= 4 is 5.91 Å². The summed E-state index contributed by atoms with van der Waals surface area (Å²) in [4.78, 5) is 30.6. The van der Waals surface area contributed by atoms with Gasteiger partial charge in [-0.05, 0) is 36.5 Å². The van der Waals surface area contributed by atoms with Crippen LogP contribution < -0.4 is 10.9 Å². The average molecular weight is 399 g/mol. The van der Waals surface area contributed by atoms with E-state index in [1.54, 1.807) is 0 Å². The SMILES string of the molecule is COCc1nc(C(=O)NC(c2ccc(C(F)(F)F)c(F)c2)C2CC2)cc(=O)[nH]1. The molecule has 2 aromatic rings. The molecule has 1 amide bonds. The van der Waals surface area contributed by atoms with E-state index >= 15 is 0 Å². The number of hydrogen-bond acceptors (Lipinski definition) is 4. The average Bonchev–Trinajstić information content (AvgIpc) is 3.43. The summed E-state index contributed by atoms with van der Waals surface area (Å²) in [6.45, 7) is -0.00741. The number of aromatic amines is 1. The molecule has 0 saturated heterocycles. The highest BCUT2D eigenvalue weighted by molar-refractivity contribution is 5.92. The third-order valence-corrected chi connectivity index (χ3v) is 4.34. The number of alkyl halides is 3. The molecular formula is C18H17F4N3O3. The largest absolute Gasteiger partial charge is 0.419 e. The second-order valence-corrected chi connectivity index (χ2v) is 6.54. The lowest BCUT2D eigenvalue weighted by Crippen LogP contribution is -2.32. The Labute approximate surface area is 156 Å². The lowest BCUT2D eigenvalue weighted by molar-refractivity contribution is -0.140. The molecule has 1 saturated carbocycles. The van der Waals surface area contributed by atoms with Gasteiger partial charge in [0.2, 0.25) is 0 Å². The van der Waals surface area contributed by atoms with Crippen molar-refractivity contribution in [1.82, 2.24) is 15.3 Å². The molecule has 2 N–H and O–H groups in total. The Morgan fingerprint density at radius 2 is 2.07 bits per heavy atom. The van der Waals surface area contributed by atoms with Crippen molar-refractivity contribution in [3.8, 4) is 0 Å². The summed E-state index contributed by atoms with van der Waals surface area (Å²) in [7, 11) is 1.40. The van der Waals surface area contributed by atoms with Crippen LogP contribution in [0.2, 0.25) is 0 Å².